The number of hydrogen-bond acceptors (Lipinski definition) is 1. The molecular formula is C11H13BrO. The molecule has 0 aliphatic carbocycles. The molecule has 0 aliphatic heterocycles. The molecule has 70 valence electrons. The van der Waals surface area contributed by atoms with Crippen LogP contribution in [0.1, 0.15) is 36.7 Å². The Balaban J connectivity index is 3.01. The fourth-order valence-electron chi connectivity index (χ4n) is 1.10. The molecule has 1 rings (SSSR count). The van der Waals surface area contributed by atoms with Gasteiger partial charge in [-0.05, 0) is 26.9 Å². The Bertz CT molecular complexity index is 306. The molecule has 0 amide bonds. The Morgan fingerprint density at radius 2 is 1.62 bits per heavy atom. The summed E-state index contributed by atoms with van der Waals surface area (Å²) in [7, 11) is 0. The molecule has 13 heavy (non-hydrogen) atoms. The SMILES string of the molecule is CC(C)(C)c1ccc(C(=O)Br)cc1. The van der Waals surface area contributed by atoms with Gasteiger partial charge in [-0.3, -0.25) is 4.79 Å². The van der Waals surface area contributed by atoms with Crippen LogP contribution in [-0.4, -0.2) is 4.69 Å². The van der Waals surface area contributed by atoms with Crippen LogP contribution in [0, 0.1) is 0 Å². The first-order valence-corrected chi connectivity index (χ1v) is 5.01. The maximum atomic E-state index is 10.9. The molecular weight excluding hydrogens is 228 g/mol. The monoisotopic (exact) mass is 240 g/mol. The van der Waals surface area contributed by atoms with Crippen LogP contribution in [0.3, 0.4) is 0 Å². The van der Waals surface area contributed by atoms with Crippen molar-refractivity contribution in [2.75, 3.05) is 0 Å². The van der Waals surface area contributed by atoms with E-state index in [2.05, 4.69) is 36.7 Å². The van der Waals surface area contributed by atoms with Crippen molar-refractivity contribution in [2.24, 2.45) is 0 Å². The Hall–Kier alpha value is -0.630. The quantitative estimate of drug-likeness (QED) is 0.687. The van der Waals surface area contributed by atoms with Crippen LogP contribution in [-0.2, 0) is 5.41 Å². The first-order chi connectivity index (χ1) is 5.91. The molecule has 1 nitrogen and oxygen atoms in total. The summed E-state index contributed by atoms with van der Waals surface area (Å²) in [5.74, 6) is 0. The van der Waals surface area contributed by atoms with Gasteiger partial charge < -0.3 is 0 Å². The molecule has 0 saturated carbocycles. The predicted octanol–water partition coefficient (Wildman–Crippen LogP) is 3.52. The third kappa shape index (κ3) is 2.66. The summed E-state index contributed by atoms with van der Waals surface area (Å²) in [6.45, 7) is 6.45. The zero-order valence-electron chi connectivity index (χ0n) is 8.10. The van der Waals surface area contributed by atoms with Crippen LogP contribution >= 0.6 is 15.9 Å². The second-order valence-corrected chi connectivity index (χ2v) is 4.82. The Kier molecular flexibility index (Phi) is 2.91. The molecule has 0 spiro atoms. The minimum Gasteiger partial charge on any atom is -0.281 e. The number of carbonyl (C=O) groups excluding carboxylic acids is 1. The third-order valence-corrected chi connectivity index (χ3v) is 2.44. The highest BCUT2D eigenvalue weighted by Gasteiger charge is 2.13. The van der Waals surface area contributed by atoms with Gasteiger partial charge in [0.15, 0.2) is 0 Å². The molecule has 0 heterocycles. The van der Waals surface area contributed by atoms with E-state index in [0.29, 0.717) is 5.56 Å². The van der Waals surface area contributed by atoms with Crippen LogP contribution in [0.4, 0.5) is 0 Å². The maximum absolute atomic E-state index is 10.9. The number of carbonyl (C=O) groups is 1. The summed E-state index contributed by atoms with van der Waals surface area (Å²) in [6.07, 6.45) is 0. The average molecular weight is 241 g/mol. The third-order valence-electron chi connectivity index (χ3n) is 1.98. The molecule has 0 atom stereocenters. The summed E-state index contributed by atoms with van der Waals surface area (Å²) < 4.78 is -0.0621. The van der Waals surface area contributed by atoms with Crippen molar-refractivity contribution in [3.8, 4) is 0 Å². The van der Waals surface area contributed by atoms with E-state index in [-0.39, 0.29) is 10.1 Å². The van der Waals surface area contributed by atoms with Gasteiger partial charge in [0.05, 0.1) is 0 Å². The van der Waals surface area contributed by atoms with Crippen molar-refractivity contribution >= 4 is 20.6 Å². The van der Waals surface area contributed by atoms with E-state index in [9.17, 15) is 4.79 Å². The number of halogens is 1. The first-order valence-electron chi connectivity index (χ1n) is 4.21. The van der Waals surface area contributed by atoms with Crippen LogP contribution < -0.4 is 0 Å². The van der Waals surface area contributed by atoms with Gasteiger partial charge >= 0.3 is 0 Å². The van der Waals surface area contributed by atoms with E-state index in [1.807, 2.05) is 24.3 Å². The smallest absolute Gasteiger partial charge is 0.228 e. The van der Waals surface area contributed by atoms with E-state index >= 15 is 0 Å². The van der Waals surface area contributed by atoms with Crippen LogP contribution in [0.25, 0.3) is 0 Å². The normalized spacial score (nSPS) is 11.4. The fourth-order valence-corrected chi connectivity index (χ4v) is 1.37. The minimum atomic E-state index is -0.0621. The van der Waals surface area contributed by atoms with Gasteiger partial charge in [-0.2, -0.15) is 0 Å². The van der Waals surface area contributed by atoms with Gasteiger partial charge in [-0.25, -0.2) is 0 Å². The van der Waals surface area contributed by atoms with Gasteiger partial charge in [0.1, 0.15) is 0 Å². The van der Waals surface area contributed by atoms with Crippen LogP contribution in [0.15, 0.2) is 24.3 Å². The zero-order chi connectivity index (χ0) is 10.1. The van der Waals surface area contributed by atoms with E-state index in [1.54, 1.807) is 0 Å². The molecule has 0 N–H and O–H groups in total. The average Bonchev–Trinajstić information content (AvgIpc) is 2.03. The van der Waals surface area contributed by atoms with Crippen LogP contribution in [0.2, 0.25) is 0 Å². The van der Waals surface area contributed by atoms with Gasteiger partial charge in [0, 0.05) is 5.56 Å². The second-order valence-electron chi connectivity index (χ2n) is 4.10. The van der Waals surface area contributed by atoms with Gasteiger partial charge in [-0.1, -0.05) is 45.0 Å². The number of hydrogen-bond donors (Lipinski definition) is 0. The highest BCUT2D eigenvalue weighted by molar-refractivity contribution is 9.18. The number of rotatable bonds is 1. The first kappa shape index (κ1) is 10.5. The number of benzene rings is 1. The summed E-state index contributed by atoms with van der Waals surface area (Å²) in [6, 6.07) is 7.68. The lowest BCUT2D eigenvalue weighted by Crippen LogP contribution is -2.10. The Morgan fingerprint density at radius 1 is 1.15 bits per heavy atom. The van der Waals surface area contributed by atoms with Crippen molar-refractivity contribution in [3.05, 3.63) is 35.4 Å². The van der Waals surface area contributed by atoms with Gasteiger partial charge in [0.25, 0.3) is 0 Å². The fraction of sp³-hybridized carbons (Fsp3) is 0.364. The second kappa shape index (κ2) is 3.62. The molecule has 0 aromatic heterocycles. The highest BCUT2D eigenvalue weighted by Crippen LogP contribution is 2.22. The summed E-state index contributed by atoms with van der Waals surface area (Å²) in [4.78, 5) is 10.9. The van der Waals surface area contributed by atoms with E-state index in [1.165, 1.54) is 5.56 Å². The zero-order valence-corrected chi connectivity index (χ0v) is 9.68. The summed E-state index contributed by atoms with van der Waals surface area (Å²) in [5.41, 5.74) is 2.09. The molecule has 0 unspecified atom stereocenters. The van der Waals surface area contributed by atoms with Crippen molar-refractivity contribution in [2.45, 2.75) is 26.2 Å². The standard InChI is InChI=1S/C11H13BrO/c1-11(2,3)9-6-4-8(5-7-9)10(12)13/h4-7H,1-3H3. The predicted molar refractivity (Wildman–Crippen MR) is 58.4 cm³/mol. The maximum Gasteiger partial charge on any atom is 0.228 e. The molecule has 2 heteroatoms. The lowest BCUT2D eigenvalue weighted by atomic mass is 9.87. The van der Waals surface area contributed by atoms with Crippen molar-refractivity contribution in [1.29, 1.82) is 0 Å². The molecule has 0 bridgehead atoms. The minimum absolute atomic E-state index is 0.0621. The molecule has 0 aliphatic rings. The summed E-state index contributed by atoms with van der Waals surface area (Å²) >= 11 is 2.92. The Labute approximate surface area is 87.3 Å². The lowest BCUT2D eigenvalue weighted by Gasteiger charge is -2.18. The van der Waals surface area contributed by atoms with Crippen molar-refractivity contribution in [1.82, 2.24) is 0 Å². The molecule has 0 radical (unpaired) electrons. The topological polar surface area (TPSA) is 17.1 Å². The molecule has 0 fully saturated rings. The highest BCUT2D eigenvalue weighted by atomic mass is 79.9. The van der Waals surface area contributed by atoms with Gasteiger partial charge in [0.2, 0.25) is 4.69 Å². The largest absolute Gasteiger partial charge is 0.281 e. The Morgan fingerprint density at radius 3 is 1.92 bits per heavy atom. The van der Waals surface area contributed by atoms with Crippen molar-refractivity contribution in [3.63, 3.8) is 0 Å². The van der Waals surface area contributed by atoms with Crippen molar-refractivity contribution < 1.29 is 4.79 Å². The lowest BCUT2D eigenvalue weighted by molar-refractivity contribution is 0.109. The molecule has 0 saturated heterocycles. The van der Waals surface area contributed by atoms with E-state index in [4.69, 9.17) is 0 Å². The van der Waals surface area contributed by atoms with Gasteiger partial charge in [-0.15, -0.1) is 0 Å². The van der Waals surface area contributed by atoms with E-state index in [0.717, 1.165) is 0 Å². The summed E-state index contributed by atoms with van der Waals surface area (Å²) in [5, 5.41) is 0. The van der Waals surface area contributed by atoms with Crippen LogP contribution in [0.5, 0.6) is 0 Å². The van der Waals surface area contributed by atoms with E-state index < -0.39 is 0 Å². The molecule has 1 aromatic carbocycles. The molecule has 1 aromatic rings.